The molecule has 0 N–H and O–H groups in total. The maximum Gasteiger partial charge on any atom is 0.178 e. The van der Waals surface area contributed by atoms with Crippen LogP contribution >= 0.6 is 0 Å². The molecule has 0 spiro atoms. The molecule has 3 aromatic rings. The van der Waals surface area contributed by atoms with Crippen LogP contribution in [0.3, 0.4) is 0 Å². The first-order valence-corrected chi connectivity index (χ1v) is 13.0. The van der Waals surface area contributed by atoms with Crippen molar-refractivity contribution in [2.75, 3.05) is 32.8 Å². The second kappa shape index (κ2) is 9.39. The van der Waals surface area contributed by atoms with Crippen molar-refractivity contribution in [3.05, 3.63) is 35.3 Å². The molecular formula is C27H39N7O. The van der Waals surface area contributed by atoms with Gasteiger partial charge in [0.15, 0.2) is 5.82 Å². The van der Waals surface area contributed by atoms with Crippen LogP contribution in [0.2, 0.25) is 0 Å². The first-order valence-electron chi connectivity index (χ1n) is 13.0. The largest absolute Gasteiger partial charge is 0.491 e. The van der Waals surface area contributed by atoms with Gasteiger partial charge in [0.1, 0.15) is 29.7 Å². The van der Waals surface area contributed by atoms with Crippen LogP contribution in [-0.4, -0.2) is 72.9 Å². The average Bonchev–Trinajstić information content (AvgIpc) is 3.38. The van der Waals surface area contributed by atoms with Gasteiger partial charge in [0.05, 0.1) is 12.1 Å². The number of nitrogens with zero attached hydrogens (tertiary/aromatic N) is 7. The summed E-state index contributed by atoms with van der Waals surface area (Å²) in [6.45, 7) is 21.1. The van der Waals surface area contributed by atoms with E-state index in [0.29, 0.717) is 18.7 Å². The number of rotatable bonds is 5. The van der Waals surface area contributed by atoms with Gasteiger partial charge >= 0.3 is 0 Å². The topological polar surface area (TPSA) is 64.2 Å². The molecule has 1 aromatic carbocycles. The Morgan fingerprint density at radius 2 is 1.54 bits per heavy atom. The lowest BCUT2D eigenvalue weighted by Crippen LogP contribution is -2.49. The molecule has 0 saturated carbocycles. The summed E-state index contributed by atoms with van der Waals surface area (Å²) >= 11 is 0. The Labute approximate surface area is 208 Å². The third-order valence-corrected chi connectivity index (χ3v) is 7.51. The fourth-order valence-corrected chi connectivity index (χ4v) is 5.41. The first kappa shape index (κ1) is 24.0. The summed E-state index contributed by atoms with van der Waals surface area (Å²) in [7, 11) is 0. The third kappa shape index (κ3) is 4.49. The lowest BCUT2D eigenvalue weighted by atomic mass is 9.96. The van der Waals surface area contributed by atoms with Gasteiger partial charge in [0.2, 0.25) is 0 Å². The second-order valence-electron chi connectivity index (χ2n) is 10.6. The summed E-state index contributed by atoms with van der Waals surface area (Å²) in [4.78, 5) is 15.0. The van der Waals surface area contributed by atoms with Crippen molar-refractivity contribution in [2.24, 2.45) is 0 Å². The van der Waals surface area contributed by atoms with Gasteiger partial charge in [-0.15, -0.1) is 0 Å². The van der Waals surface area contributed by atoms with Crippen molar-refractivity contribution in [1.29, 1.82) is 0 Å². The number of ether oxygens (including phenoxy) is 1. The van der Waals surface area contributed by atoms with E-state index in [9.17, 15) is 0 Å². The summed E-state index contributed by atoms with van der Waals surface area (Å²) in [5, 5.41) is 4.59. The number of aryl methyl sites for hydroxylation is 2. The highest BCUT2D eigenvalue weighted by molar-refractivity contribution is 5.70. The fraction of sp³-hybridized carbons (Fsp3) is 0.593. The predicted molar refractivity (Wildman–Crippen MR) is 139 cm³/mol. The van der Waals surface area contributed by atoms with Crippen molar-refractivity contribution in [1.82, 2.24) is 34.1 Å². The van der Waals surface area contributed by atoms with E-state index >= 15 is 0 Å². The summed E-state index contributed by atoms with van der Waals surface area (Å²) in [6, 6.07) is 5.69. The molecule has 1 saturated heterocycles. The minimum Gasteiger partial charge on any atom is -0.491 e. The minimum absolute atomic E-state index is 0.217. The molecule has 8 nitrogen and oxygen atoms in total. The van der Waals surface area contributed by atoms with E-state index in [1.165, 1.54) is 11.1 Å². The second-order valence-corrected chi connectivity index (χ2v) is 10.6. The molecule has 0 radical (unpaired) electrons. The van der Waals surface area contributed by atoms with Gasteiger partial charge in [-0.2, -0.15) is 5.10 Å². The quantitative estimate of drug-likeness (QED) is 0.540. The molecule has 1 atom stereocenters. The lowest BCUT2D eigenvalue weighted by molar-refractivity contribution is 0.0832. The van der Waals surface area contributed by atoms with Crippen LogP contribution in [-0.2, 0) is 6.54 Å². The number of imidazole rings is 1. The molecular weight excluding hydrogens is 438 g/mol. The van der Waals surface area contributed by atoms with Gasteiger partial charge < -0.3 is 9.30 Å². The van der Waals surface area contributed by atoms with Crippen LogP contribution in [0, 0.1) is 13.8 Å². The molecule has 2 aliphatic heterocycles. The summed E-state index contributed by atoms with van der Waals surface area (Å²) in [5.74, 6) is 3.45. The van der Waals surface area contributed by atoms with E-state index in [1.54, 1.807) is 0 Å². The molecule has 188 valence electrons. The highest BCUT2D eigenvalue weighted by Gasteiger charge is 2.27. The Balaban J connectivity index is 1.51. The molecule has 35 heavy (non-hydrogen) atoms. The Kier molecular flexibility index (Phi) is 6.44. The molecule has 1 fully saturated rings. The Hall–Kier alpha value is -2.71. The third-order valence-electron chi connectivity index (χ3n) is 7.51. The fourth-order valence-electron chi connectivity index (χ4n) is 5.41. The molecule has 0 amide bonds. The van der Waals surface area contributed by atoms with E-state index in [1.807, 2.05) is 11.6 Å². The number of benzene rings is 1. The molecule has 2 aliphatic rings. The number of hydrogen-bond donors (Lipinski definition) is 0. The van der Waals surface area contributed by atoms with E-state index in [0.717, 1.165) is 67.2 Å². The molecule has 1 unspecified atom stereocenters. The maximum atomic E-state index is 6.19. The Morgan fingerprint density at radius 1 is 0.829 bits per heavy atom. The summed E-state index contributed by atoms with van der Waals surface area (Å²) in [5.41, 5.74) is 4.55. The zero-order valence-electron chi connectivity index (χ0n) is 22.2. The van der Waals surface area contributed by atoms with Gasteiger partial charge in [0, 0.05) is 50.5 Å². The molecule has 4 heterocycles. The predicted octanol–water partition coefficient (Wildman–Crippen LogP) is 4.49. The minimum atomic E-state index is 0.217. The molecule has 8 heteroatoms. The highest BCUT2D eigenvalue weighted by atomic mass is 16.5. The Morgan fingerprint density at radius 3 is 2.23 bits per heavy atom. The van der Waals surface area contributed by atoms with E-state index < -0.39 is 0 Å². The maximum absolute atomic E-state index is 6.19. The van der Waals surface area contributed by atoms with Crippen molar-refractivity contribution >= 4 is 0 Å². The van der Waals surface area contributed by atoms with Crippen molar-refractivity contribution in [3.8, 4) is 28.7 Å². The van der Waals surface area contributed by atoms with Crippen molar-refractivity contribution in [3.63, 3.8) is 0 Å². The molecule has 0 aliphatic carbocycles. The Bertz CT molecular complexity index is 1200. The summed E-state index contributed by atoms with van der Waals surface area (Å²) in [6.07, 6.45) is 2.10. The van der Waals surface area contributed by atoms with E-state index in [-0.39, 0.29) is 6.04 Å². The van der Waals surface area contributed by atoms with Gasteiger partial charge in [-0.1, -0.05) is 0 Å². The van der Waals surface area contributed by atoms with Crippen LogP contribution in [0.1, 0.15) is 63.7 Å². The molecule has 0 bridgehead atoms. The number of hydrogen-bond acceptors (Lipinski definition) is 6. The van der Waals surface area contributed by atoms with Crippen molar-refractivity contribution < 1.29 is 4.74 Å². The van der Waals surface area contributed by atoms with Crippen LogP contribution < -0.4 is 4.74 Å². The standard InChI is InChI=1S/C27H39N7O/c1-17(2)31-8-10-32(11-9-31)20(6)22-15-23-25(14-19(22)5)35-13-12-33-16-24(29-26(23)33)27-28-21(7)30-34(27)18(3)4/h14-18,20H,8-13H2,1-7H3. The average molecular weight is 478 g/mol. The summed E-state index contributed by atoms with van der Waals surface area (Å²) < 4.78 is 10.4. The zero-order valence-corrected chi connectivity index (χ0v) is 22.2. The van der Waals surface area contributed by atoms with Gasteiger partial charge in [-0.05, 0) is 71.7 Å². The van der Waals surface area contributed by atoms with Gasteiger partial charge in [0.25, 0.3) is 0 Å². The number of piperazine rings is 1. The van der Waals surface area contributed by atoms with Crippen LogP contribution in [0.4, 0.5) is 0 Å². The van der Waals surface area contributed by atoms with Gasteiger partial charge in [-0.3, -0.25) is 9.80 Å². The number of aromatic nitrogens is 5. The monoisotopic (exact) mass is 477 g/mol. The SMILES string of the molecule is Cc1nc(-c2cn3c(n2)-c2cc(C(C)N4CCN(C(C)C)CC4)c(C)cc2OCC3)n(C(C)C)n1. The van der Waals surface area contributed by atoms with Crippen molar-refractivity contribution in [2.45, 2.75) is 73.1 Å². The molecule has 5 rings (SSSR count). The first-order chi connectivity index (χ1) is 16.7. The highest BCUT2D eigenvalue weighted by Crippen LogP contribution is 2.38. The van der Waals surface area contributed by atoms with Crippen LogP contribution in [0.25, 0.3) is 22.9 Å². The van der Waals surface area contributed by atoms with Crippen LogP contribution in [0.15, 0.2) is 18.3 Å². The van der Waals surface area contributed by atoms with Gasteiger partial charge in [-0.25, -0.2) is 14.6 Å². The smallest absolute Gasteiger partial charge is 0.178 e. The zero-order chi connectivity index (χ0) is 24.9. The lowest BCUT2D eigenvalue weighted by Gasteiger charge is -2.40. The van der Waals surface area contributed by atoms with E-state index in [4.69, 9.17) is 14.7 Å². The number of fused-ring (bicyclic) bond motifs is 3. The van der Waals surface area contributed by atoms with Crippen LogP contribution in [0.5, 0.6) is 5.75 Å². The normalized spacial score (nSPS) is 17.9. The van der Waals surface area contributed by atoms with E-state index in [2.05, 4.69) is 79.3 Å². The molecule has 2 aromatic heterocycles.